The fourth-order valence-electron chi connectivity index (χ4n) is 1.66. The van der Waals surface area contributed by atoms with Gasteiger partial charge in [0.05, 0.1) is 5.16 Å². The molecular weight excluding hydrogens is 272 g/mol. The number of nitrogens with zero attached hydrogens (tertiary/aromatic N) is 2. The standard InChI is InChI=1S/C14H24N4OS/c1-5-10-15-14(4,16-11-20)9-7-6-8-12(2)17-18-13(3)19/h5,15H,1,6-10H2,2-4H3,(H,18,19)/b17-12+. The largest absolute Gasteiger partial charge is 0.289 e. The van der Waals surface area contributed by atoms with E-state index < -0.39 is 5.66 Å². The molecule has 0 saturated carbocycles. The summed E-state index contributed by atoms with van der Waals surface area (Å²) in [6, 6.07) is 0. The first-order valence-corrected chi connectivity index (χ1v) is 7.09. The molecule has 20 heavy (non-hydrogen) atoms. The van der Waals surface area contributed by atoms with Crippen molar-refractivity contribution in [2.24, 2.45) is 10.1 Å². The van der Waals surface area contributed by atoms with Gasteiger partial charge in [0, 0.05) is 19.2 Å². The summed E-state index contributed by atoms with van der Waals surface area (Å²) in [5, 5.41) is 9.69. The smallest absolute Gasteiger partial charge is 0.236 e. The topological polar surface area (TPSA) is 65.8 Å². The normalized spacial score (nSPS) is 14.1. The average Bonchev–Trinajstić information content (AvgIpc) is 2.39. The third kappa shape index (κ3) is 9.55. The number of carbonyl (C=O) groups excluding carboxylic acids is 1. The van der Waals surface area contributed by atoms with E-state index in [0.29, 0.717) is 6.54 Å². The Morgan fingerprint density at radius 2 is 2.15 bits per heavy atom. The number of isothiocyanates is 1. The molecule has 0 aromatic carbocycles. The van der Waals surface area contributed by atoms with Crippen molar-refractivity contribution in [1.82, 2.24) is 10.7 Å². The number of amides is 1. The average molecular weight is 296 g/mol. The van der Waals surface area contributed by atoms with Gasteiger partial charge in [-0.25, -0.2) is 10.4 Å². The van der Waals surface area contributed by atoms with Crippen molar-refractivity contribution in [2.45, 2.75) is 52.1 Å². The lowest BCUT2D eigenvalue weighted by molar-refractivity contribution is -0.118. The lowest BCUT2D eigenvalue weighted by Crippen LogP contribution is -2.40. The molecule has 0 aromatic heterocycles. The number of thiocarbonyl (C=S) groups is 1. The quantitative estimate of drug-likeness (QED) is 0.214. The molecule has 0 fully saturated rings. The fraction of sp³-hybridized carbons (Fsp3) is 0.643. The number of hydrogen-bond acceptors (Lipinski definition) is 5. The zero-order valence-electron chi connectivity index (χ0n) is 12.5. The predicted molar refractivity (Wildman–Crippen MR) is 87.0 cm³/mol. The number of hydrogen-bond donors (Lipinski definition) is 2. The van der Waals surface area contributed by atoms with Gasteiger partial charge in [-0.05, 0) is 51.7 Å². The van der Waals surface area contributed by atoms with Gasteiger partial charge in [-0.1, -0.05) is 6.08 Å². The highest BCUT2D eigenvalue weighted by molar-refractivity contribution is 7.78. The SMILES string of the molecule is C=CCNC(C)(CCCC/C(C)=N/NC(C)=O)N=C=S. The van der Waals surface area contributed by atoms with Gasteiger partial charge >= 0.3 is 0 Å². The molecule has 0 aromatic rings. The van der Waals surface area contributed by atoms with Crippen LogP contribution < -0.4 is 10.7 Å². The van der Waals surface area contributed by atoms with Crippen LogP contribution in [-0.2, 0) is 4.79 Å². The highest BCUT2D eigenvalue weighted by Crippen LogP contribution is 2.16. The molecule has 0 rings (SSSR count). The van der Waals surface area contributed by atoms with Crippen LogP contribution in [0.2, 0.25) is 0 Å². The Labute approximate surface area is 126 Å². The summed E-state index contributed by atoms with van der Waals surface area (Å²) in [6.07, 6.45) is 5.46. The van der Waals surface area contributed by atoms with Crippen molar-refractivity contribution in [3.63, 3.8) is 0 Å². The first-order valence-electron chi connectivity index (χ1n) is 6.68. The van der Waals surface area contributed by atoms with Crippen LogP contribution in [0.5, 0.6) is 0 Å². The van der Waals surface area contributed by atoms with Crippen LogP contribution in [-0.4, -0.2) is 29.0 Å². The van der Waals surface area contributed by atoms with E-state index >= 15 is 0 Å². The zero-order valence-corrected chi connectivity index (χ0v) is 13.3. The lowest BCUT2D eigenvalue weighted by Gasteiger charge is -2.24. The Morgan fingerprint density at radius 1 is 1.45 bits per heavy atom. The van der Waals surface area contributed by atoms with Crippen molar-refractivity contribution >= 4 is 29.0 Å². The molecule has 0 aliphatic heterocycles. The second kappa shape index (κ2) is 10.4. The van der Waals surface area contributed by atoms with E-state index in [1.807, 2.05) is 13.8 Å². The predicted octanol–water partition coefficient (Wildman–Crippen LogP) is 2.65. The molecule has 0 heterocycles. The van der Waals surface area contributed by atoms with Crippen molar-refractivity contribution < 1.29 is 4.79 Å². The molecule has 0 saturated heterocycles. The Balaban J connectivity index is 4.12. The Bertz CT molecular complexity index is 402. The number of unbranched alkanes of at least 4 members (excludes halogenated alkanes) is 1. The number of hydrazone groups is 1. The third-order valence-corrected chi connectivity index (χ3v) is 2.87. The second-order valence-corrected chi connectivity index (χ2v) is 5.05. The minimum Gasteiger partial charge on any atom is -0.289 e. The number of nitrogens with one attached hydrogen (secondary N) is 2. The molecule has 0 aliphatic rings. The molecule has 0 aliphatic carbocycles. The minimum atomic E-state index is -0.390. The molecule has 6 heteroatoms. The van der Waals surface area contributed by atoms with Gasteiger partial charge in [0.1, 0.15) is 5.66 Å². The summed E-state index contributed by atoms with van der Waals surface area (Å²) in [5.41, 5.74) is 2.96. The van der Waals surface area contributed by atoms with E-state index in [9.17, 15) is 4.79 Å². The Morgan fingerprint density at radius 3 is 2.70 bits per heavy atom. The van der Waals surface area contributed by atoms with E-state index in [1.165, 1.54) is 6.92 Å². The summed E-state index contributed by atoms with van der Waals surface area (Å²) in [5.74, 6) is -0.152. The van der Waals surface area contributed by atoms with Gasteiger partial charge in [0.2, 0.25) is 5.91 Å². The molecule has 0 bridgehead atoms. The van der Waals surface area contributed by atoms with Gasteiger partial charge in [-0.15, -0.1) is 6.58 Å². The van der Waals surface area contributed by atoms with Gasteiger partial charge in [-0.2, -0.15) is 5.10 Å². The maximum absolute atomic E-state index is 10.7. The Kier molecular flexibility index (Phi) is 9.72. The summed E-state index contributed by atoms with van der Waals surface area (Å²) in [7, 11) is 0. The van der Waals surface area contributed by atoms with Gasteiger partial charge in [0.25, 0.3) is 0 Å². The molecule has 0 radical (unpaired) electrons. The second-order valence-electron chi connectivity index (χ2n) is 4.87. The maximum atomic E-state index is 10.7. The van der Waals surface area contributed by atoms with Crippen molar-refractivity contribution in [3.8, 4) is 0 Å². The van der Waals surface area contributed by atoms with Crippen molar-refractivity contribution in [2.75, 3.05) is 6.54 Å². The van der Waals surface area contributed by atoms with E-state index in [4.69, 9.17) is 0 Å². The monoisotopic (exact) mass is 296 g/mol. The molecule has 1 unspecified atom stereocenters. The first kappa shape index (κ1) is 18.6. The number of rotatable bonds is 10. The number of aliphatic imine (C=N–C) groups is 1. The molecule has 112 valence electrons. The van der Waals surface area contributed by atoms with Gasteiger partial charge in [-0.3, -0.25) is 10.1 Å². The molecule has 1 amide bonds. The maximum Gasteiger partial charge on any atom is 0.236 e. The van der Waals surface area contributed by atoms with Crippen LogP contribution in [0.15, 0.2) is 22.7 Å². The molecule has 2 N–H and O–H groups in total. The van der Waals surface area contributed by atoms with Crippen LogP contribution in [0, 0.1) is 0 Å². The number of carbonyl (C=O) groups is 1. The van der Waals surface area contributed by atoms with Crippen LogP contribution in [0.1, 0.15) is 46.5 Å². The van der Waals surface area contributed by atoms with Crippen LogP contribution in [0.3, 0.4) is 0 Å². The lowest BCUT2D eigenvalue weighted by atomic mass is 10.0. The third-order valence-electron chi connectivity index (χ3n) is 2.78. The highest BCUT2D eigenvalue weighted by Gasteiger charge is 2.20. The van der Waals surface area contributed by atoms with Crippen molar-refractivity contribution in [3.05, 3.63) is 12.7 Å². The van der Waals surface area contributed by atoms with Crippen LogP contribution >= 0.6 is 12.2 Å². The van der Waals surface area contributed by atoms with Crippen molar-refractivity contribution in [1.29, 1.82) is 0 Å². The molecule has 5 nitrogen and oxygen atoms in total. The minimum absolute atomic E-state index is 0.152. The molecular formula is C14H24N4OS. The first-order chi connectivity index (χ1) is 9.43. The highest BCUT2D eigenvalue weighted by atomic mass is 32.1. The van der Waals surface area contributed by atoms with Crippen LogP contribution in [0.25, 0.3) is 0 Å². The summed E-state index contributed by atoms with van der Waals surface area (Å²) in [4.78, 5) is 14.9. The molecule has 1 atom stereocenters. The Hall–Kier alpha value is -1.36. The molecule has 0 spiro atoms. The summed E-state index contributed by atoms with van der Waals surface area (Å²) in [6.45, 7) is 9.70. The van der Waals surface area contributed by atoms with E-state index in [-0.39, 0.29) is 5.91 Å². The summed E-state index contributed by atoms with van der Waals surface area (Å²) < 4.78 is 0. The fourth-order valence-corrected chi connectivity index (χ4v) is 1.86. The zero-order chi connectivity index (χ0) is 15.4. The van der Waals surface area contributed by atoms with E-state index in [0.717, 1.165) is 31.4 Å². The van der Waals surface area contributed by atoms with Gasteiger partial charge in [0.15, 0.2) is 0 Å². The van der Waals surface area contributed by atoms with E-state index in [2.05, 4.69) is 44.8 Å². The van der Waals surface area contributed by atoms with Gasteiger partial charge < -0.3 is 0 Å². The van der Waals surface area contributed by atoms with Crippen LogP contribution in [0.4, 0.5) is 0 Å². The summed E-state index contributed by atoms with van der Waals surface area (Å²) >= 11 is 4.69. The van der Waals surface area contributed by atoms with E-state index in [1.54, 1.807) is 6.08 Å².